The van der Waals surface area contributed by atoms with Crippen LogP contribution in [0.15, 0.2) is 29.2 Å². The minimum Gasteiger partial charge on any atom is -0.349 e. The van der Waals surface area contributed by atoms with Crippen LogP contribution in [0.4, 0.5) is 0 Å². The maximum absolute atomic E-state index is 11.4. The van der Waals surface area contributed by atoms with Crippen molar-refractivity contribution in [3.63, 3.8) is 0 Å². The molecule has 1 amide bonds. The molecule has 0 aliphatic heterocycles. The van der Waals surface area contributed by atoms with Gasteiger partial charge in [-0.3, -0.25) is 4.79 Å². The zero-order valence-corrected chi connectivity index (χ0v) is 12.9. The second-order valence-electron chi connectivity index (χ2n) is 4.71. The molecule has 0 fully saturated rings. The van der Waals surface area contributed by atoms with E-state index >= 15 is 0 Å². The van der Waals surface area contributed by atoms with Crippen molar-refractivity contribution in [2.45, 2.75) is 31.2 Å². The molecule has 0 spiro atoms. The van der Waals surface area contributed by atoms with E-state index in [1.165, 1.54) is 10.5 Å². The lowest BCUT2D eigenvalue weighted by Gasteiger charge is -2.09. The Hall–Kier alpha value is -1.00. The van der Waals surface area contributed by atoms with Gasteiger partial charge in [0, 0.05) is 37.7 Å². The quantitative estimate of drug-likeness (QED) is 0.587. The molecule has 0 saturated carbocycles. The van der Waals surface area contributed by atoms with Crippen LogP contribution in [0.5, 0.6) is 0 Å². The molecule has 3 nitrogen and oxygen atoms in total. The number of benzene rings is 1. The van der Waals surface area contributed by atoms with Gasteiger partial charge < -0.3 is 10.2 Å². The molecule has 0 heterocycles. The molecule has 0 aromatic heterocycles. The second-order valence-corrected chi connectivity index (χ2v) is 5.88. The summed E-state index contributed by atoms with van der Waals surface area (Å²) in [7, 11) is 3.59. The summed E-state index contributed by atoms with van der Waals surface area (Å²) in [5, 5.41) is 3.38. The van der Waals surface area contributed by atoms with Crippen molar-refractivity contribution in [3.05, 3.63) is 29.8 Å². The molecule has 0 bridgehead atoms. The molecule has 1 N–H and O–H groups in total. The Morgan fingerprint density at radius 3 is 2.53 bits per heavy atom. The molecule has 1 rings (SSSR count). The van der Waals surface area contributed by atoms with Crippen LogP contribution in [0, 0.1) is 0 Å². The molecule has 0 radical (unpaired) electrons. The summed E-state index contributed by atoms with van der Waals surface area (Å²) >= 11 is 1.74. The normalized spacial score (nSPS) is 10.5. The number of rotatable bonds is 8. The van der Waals surface area contributed by atoms with E-state index < -0.39 is 0 Å². The standard InChI is InChI=1S/C15H24N2OS/c1-4-10-16-12-13-5-7-14(8-6-13)19-11-9-15(18)17(2)3/h5-8,16H,4,9-12H2,1-3H3. The van der Waals surface area contributed by atoms with Crippen molar-refractivity contribution in [1.82, 2.24) is 10.2 Å². The van der Waals surface area contributed by atoms with Gasteiger partial charge in [-0.2, -0.15) is 0 Å². The Morgan fingerprint density at radius 1 is 1.26 bits per heavy atom. The average Bonchev–Trinajstić information content (AvgIpc) is 2.40. The molecular weight excluding hydrogens is 256 g/mol. The van der Waals surface area contributed by atoms with Gasteiger partial charge in [0.15, 0.2) is 0 Å². The monoisotopic (exact) mass is 280 g/mol. The third-order valence-corrected chi connectivity index (χ3v) is 3.78. The second kappa shape index (κ2) is 8.99. The number of carbonyl (C=O) groups excluding carboxylic acids is 1. The van der Waals surface area contributed by atoms with Gasteiger partial charge in [0.1, 0.15) is 0 Å². The summed E-state index contributed by atoms with van der Waals surface area (Å²) in [5.41, 5.74) is 1.31. The molecule has 19 heavy (non-hydrogen) atoms. The Labute approximate surface area is 120 Å². The van der Waals surface area contributed by atoms with E-state index in [1.807, 2.05) is 0 Å². The van der Waals surface area contributed by atoms with Crippen LogP contribution in [0.1, 0.15) is 25.3 Å². The number of nitrogens with one attached hydrogen (secondary N) is 1. The van der Waals surface area contributed by atoms with Gasteiger partial charge in [-0.1, -0.05) is 19.1 Å². The minimum atomic E-state index is 0.188. The molecule has 0 aliphatic carbocycles. The van der Waals surface area contributed by atoms with Gasteiger partial charge in [0.2, 0.25) is 5.91 Å². The van der Waals surface area contributed by atoms with E-state index in [1.54, 1.807) is 30.8 Å². The van der Waals surface area contributed by atoms with E-state index in [4.69, 9.17) is 0 Å². The smallest absolute Gasteiger partial charge is 0.222 e. The summed E-state index contributed by atoms with van der Waals surface area (Å²) < 4.78 is 0. The van der Waals surface area contributed by atoms with Crippen LogP contribution < -0.4 is 5.32 Å². The largest absolute Gasteiger partial charge is 0.349 e. The average molecular weight is 280 g/mol. The third-order valence-electron chi connectivity index (χ3n) is 2.76. The predicted octanol–water partition coefficient (Wildman–Crippen LogP) is 2.76. The number of hydrogen-bond donors (Lipinski definition) is 1. The number of nitrogens with zero attached hydrogens (tertiary/aromatic N) is 1. The molecule has 0 atom stereocenters. The number of amides is 1. The predicted molar refractivity (Wildman–Crippen MR) is 82.5 cm³/mol. The highest BCUT2D eigenvalue weighted by Gasteiger charge is 2.03. The van der Waals surface area contributed by atoms with E-state index in [0.29, 0.717) is 6.42 Å². The van der Waals surface area contributed by atoms with Crippen LogP contribution in [0.25, 0.3) is 0 Å². The highest BCUT2D eigenvalue weighted by Crippen LogP contribution is 2.19. The minimum absolute atomic E-state index is 0.188. The summed E-state index contributed by atoms with van der Waals surface area (Å²) in [6, 6.07) is 8.57. The van der Waals surface area contributed by atoms with Gasteiger partial charge in [0.25, 0.3) is 0 Å². The first kappa shape index (κ1) is 16.1. The summed E-state index contributed by atoms with van der Waals surface area (Å²) in [6.07, 6.45) is 1.76. The maximum atomic E-state index is 11.4. The molecule has 0 aliphatic rings. The van der Waals surface area contributed by atoms with Crippen LogP contribution in [-0.4, -0.2) is 37.2 Å². The lowest BCUT2D eigenvalue weighted by atomic mass is 10.2. The zero-order chi connectivity index (χ0) is 14.1. The lowest BCUT2D eigenvalue weighted by molar-refractivity contribution is -0.128. The van der Waals surface area contributed by atoms with Gasteiger partial charge in [-0.05, 0) is 30.7 Å². The highest BCUT2D eigenvalue weighted by molar-refractivity contribution is 7.99. The van der Waals surface area contributed by atoms with Crippen molar-refractivity contribution in [1.29, 1.82) is 0 Å². The lowest BCUT2D eigenvalue weighted by Crippen LogP contribution is -2.21. The summed E-state index contributed by atoms with van der Waals surface area (Å²) in [4.78, 5) is 14.3. The zero-order valence-electron chi connectivity index (χ0n) is 12.1. The number of hydrogen-bond acceptors (Lipinski definition) is 3. The summed E-state index contributed by atoms with van der Waals surface area (Å²) in [5.74, 6) is 1.03. The van der Waals surface area contributed by atoms with E-state index in [2.05, 4.69) is 36.5 Å². The first-order valence-electron chi connectivity index (χ1n) is 6.76. The third kappa shape index (κ3) is 6.64. The van der Waals surface area contributed by atoms with Crippen molar-refractivity contribution < 1.29 is 4.79 Å². The number of thioether (sulfide) groups is 1. The van der Waals surface area contributed by atoms with E-state index in [0.717, 1.165) is 25.3 Å². The molecular formula is C15H24N2OS. The maximum Gasteiger partial charge on any atom is 0.222 e. The molecule has 1 aromatic carbocycles. The Balaban J connectivity index is 2.30. The van der Waals surface area contributed by atoms with Crippen molar-refractivity contribution in [3.8, 4) is 0 Å². The molecule has 106 valence electrons. The fourth-order valence-electron chi connectivity index (χ4n) is 1.59. The number of carbonyl (C=O) groups is 1. The van der Waals surface area contributed by atoms with Crippen molar-refractivity contribution >= 4 is 17.7 Å². The molecule has 1 aromatic rings. The van der Waals surface area contributed by atoms with Gasteiger partial charge in [0.05, 0.1) is 0 Å². The molecule has 4 heteroatoms. The van der Waals surface area contributed by atoms with Gasteiger partial charge >= 0.3 is 0 Å². The van der Waals surface area contributed by atoms with Crippen molar-refractivity contribution in [2.24, 2.45) is 0 Å². The summed E-state index contributed by atoms with van der Waals surface area (Å²) in [6.45, 7) is 4.16. The Kier molecular flexibility index (Phi) is 7.60. The van der Waals surface area contributed by atoms with Crippen molar-refractivity contribution in [2.75, 3.05) is 26.4 Å². The highest BCUT2D eigenvalue weighted by atomic mass is 32.2. The van der Waals surface area contributed by atoms with Crippen LogP contribution in [-0.2, 0) is 11.3 Å². The van der Waals surface area contributed by atoms with Gasteiger partial charge in [-0.25, -0.2) is 0 Å². The van der Waals surface area contributed by atoms with E-state index in [9.17, 15) is 4.79 Å². The fraction of sp³-hybridized carbons (Fsp3) is 0.533. The van der Waals surface area contributed by atoms with Crippen LogP contribution >= 0.6 is 11.8 Å². The van der Waals surface area contributed by atoms with Gasteiger partial charge in [-0.15, -0.1) is 11.8 Å². The Bertz CT molecular complexity index is 376. The van der Waals surface area contributed by atoms with Crippen LogP contribution in [0.3, 0.4) is 0 Å². The first-order chi connectivity index (χ1) is 9.13. The Morgan fingerprint density at radius 2 is 1.95 bits per heavy atom. The topological polar surface area (TPSA) is 32.3 Å². The first-order valence-corrected chi connectivity index (χ1v) is 7.74. The molecule has 0 saturated heterocycles. The SMILES string of the molecule is CCCNCc1ccc(SCCC(=O)N(C)C)cc1. The van der Waals surface area contributed by atoms with Crippen LogP contribution in [0.2, 0.25) is 0 Å². The van der Waals surface area contributed by atoms with E-state index in [-0.39, 0.29) is 5.91 Å². The molecule has 0 unspecified atom stereocenters. The fourth-order valence-corrected chi connectivity index (χ4v) is 2.43.